The predicted octanol–water partition coefficient (Wildman–Crippen LogP) is 4.57. The third-order valence-corrected chi connectivity index (χ3v) is 13.0. The number of terminal acetylenes is 1. The molecule has 3 aliphatic rings. The molecule has 3 aromatic carbocycles. The summed E-state index contributed by atoms with van der Waals surface area (Å²) in [6.07, 6.45) is 8.45. The highest BCUT2D eigenvalue weighted by atomic mass is 16.3. The second-order valence-electron chi connectivity index (χ2n) is 18.9. The Balaban J connectivity index is 0.806. The minimum atomic E-state index is -0.920. The minimum absolute atomic E-state index is 0.00539. The van der Waals surface area contributed by atoms with E-state index < -0.39 is 29.5 Å². The SMILES string of the molecule is C#Cc1ccc(CNC(=O)[C@@H]2C[C@@H](O)CN2C(=O)[C@@H](NC(=O)N2CCN(Cc3ccc(-c4cnc(N5CCN(c6cc(-c7ccccc7O)nnc6NCC)CC5)nc4)cc3)CC2)C(C)(C)C)cc1. The summed E-state index contributed by atoms with van der Waals surface area (Å²) in [7, 11) is 0. The number of phenols is 1. The van der Waals surface area contributed by atoms with Crippen molar-refractivity contribution in [2.45, 2.75) is 65.4 Å². The van der Waals surface area contributed by atoms with Crippen molar-refractivity contribution in [3.63, 3.8) is 0 Å². The molecule has 0 unspecified atom stereocenters. The molecular formula is C52H62N12O5. The first-order chi connectivity index (χ1) is 33.3. The number of aromatic hydroxyl groups is 1. The van der Waals surface area contributed by atoms with Gasteiger partial charge >= 0.3 is 6.03 Å². The van der Waals surface area contributed by atoms with E-state index in [2.05, 4.69) is 71.0 Å². The Morgan fingerprint density at radius 3 is 2.16 bits per heavy atom. The zero-order valence-corrected chi connectivity index (χ0v) is 39.8. The maximum atomic E-state index is 14.1. The molecule has 4 amide bonds. The lowest BCUT2D eigenvalue weighted by atomic mass is 9.85. The van der Waals surface area contributed by atoms with E-state index in [1.54, 1.807) is 29.2 Å². The summed E-state index contributed by atoms with van der Waals surface area (Å²) < 4.78 is 0. The number of phenolic OH excluding ortho intramolecular Hbond substituents is 1. The monoisotopic (exact) mass is 934 g/mol. The molecule has 0 saturated carbocycles. The predicted molar refractivity (Wildman–Crippen MR) is 266 cm³/mol. The minimum Gasteiger partial charge on any atom is -0.507 e. The largest absolute Gasteiger partial charge is 0.507 e. The molecule has 360 valence electrons. The summed E-state index contributed by atoms with van der Waals surface area (Å²) in [5.41, 5.74) is 6.20. The normalized spacial score (nSPS) is 18.1. The van der Waals surface area contributed by atoms with Crippen LogP contribution in [0.25, 0.3) is 22.4 Å². The van der Waals surface area contributed by atoms with Crippen molar-refractivity contribution in [1.29, 1.82) is 0 Å². The van der Waals surface area contributed by atoms with E-state index in [1.807, 2.05) is 70.4 Å². The fourth-order valence-electron chi connectivity index (χ4n) is 9.05. The number of aromatic nitrogens is 4. The second-order valence-corrected chi connectivity index (χ2v) is 18.9. The number of carbonyl (C=O) groups is 3. The van der Waals surface area contributed by atoms with Crippen molar-refractivity contribution < 1.29 is 24.6 Å². The lowest BCUT2D eigenvalue weighted by molar-refractivity contribution is -0.142. The first kappa shape index (κ1) is 48.2. The summed E-state index contributed by atoms with van der Waals surface area (Å²) in [6, 6.07) is 22.7. The molecule has 17 nitrogen and oxygen atoms in total. The summed E-state index contributed by atoms with van der Waals surface area (Å²) >= 11 is 0. The Bertz CT molecular complexity index is 2620. The summed E-state index contributed by atoms with van der Waals surface area (Å²) in [5.74, 6) is 3.36. The second kappa shape index (κ2) is 21.3. The number of para-hydroxylation sites is 1. The first-order valence-corrected chi connectivity index (χ1v) is 23.7. The van der Waals surface area contributed by atoms with Gasteiger partial charge in [0.25, 0.3) is 0 Å². The molecule has 0 aliphatic carbocycles. The van der Waals surface area contributed by atoms with Crippen molar-refractivity contribution >= 4 is 35.3 Å². The van der Waals surface area contributed by atoms with Gasteiger partial charge in [0, 0.05) is 114 Å². The molecule has 8 rings (SSSR count). The van der Waals surface area contributed by atoms with Crippen molar-refractivity contribution in [1.82, 2.24) is 45.5 Å². The standard InChI is InChI=1S/C52H62N12O5/c1-6-35-12-14-36(15-13-35)30-54-48(67)44-28-40(65)34-64(44)49(68)46(52(3,4)5)57-51(69)63-22-20-60(21-23-63)33-37-16-18-38(19-17-37)39-31-55-50(56-32-39)62-26-24-61(25-27-62)43-29-42(58-59-47(43)53-7-2)41-10-8-9-11-45(41)66/h1,8-19,29,31-32,40,44,46,65-66H,7,20-28,30,33-34H2,2-5H3,(H,53,59)(H,54,67)(H,57,69)/t40-,44+,46-/m1/s1. The Morgan fingerprint density at radius 2 is 1.51 bits per heavy atom. The highest BCUT2D eigenvalue weighted by Gasteiger charge is 2.45. The van der Waals surface area contributed by atoms with E-state index >= 15 is 0 Å². The molecule has 0 radical (unpaired) electrons. The number of aliphatic hydroxyl groups is 1. The fourth-order valence-corrected chi connectivity index (χ4v) is 9.05. The van der Waals surface area contributed by atoms with Crippen molar-refractivity contribution in [3.05, 3.63) is 108 Å². The molecule has 0 bridgehead atoms. The van der Waals surface area contributed by atoms with Crippen molar-refractivity contribution in [2.24, 2.45) is 5.41 Å². The van der Waals surface area contributed by atoms with Gasteiger partial charge in [0.2, 0.25) is 17.8 Å². The number of nitrogens with zero attached hydrogens (tertiary/aromatic N) is 9. The molecule has 5 heterocycles. The average molecular weight is 935 g/mol. The van der Waals surface area contributed by atoms with Crippen LogP contribution in [-0.4, -0.2) is 147 Å². The number of amides is 4. The molecule has 69 heavy (non-hydrogen) atoms. The smallest absolute Gasteiger partial charge is 0.318 e. The van der Waals surface area contributed by atoms with Crippen LogP contribution in [0, 0.1) is 17.8 Å². The Kier molecular flexibility index (Phi) is 14.9. The number of piperazine rings is 2. The molecule has 3 fully saturated rings. The van der Waals surface area contributed by atoms with Crippen LogP contribution < -0.4 is 25.8 Å². The highest BCUT2D eigenvalue weighted by molar-refractivity contribution is 5.93. The molecule has 5 N–H and O–H groups in total. The molecule has 0 spiro atoms. The van der Waals surface area contributed by atoms with E-state index in [0.29, 0.717) is 55.7 Å². The number of rotatable bonds is 13. The molecule has 2 aromatic heterocycles. The number of hydrogen-bond donors (Lipinski definition) is 5. The van der Waals surface area contributed by atoms with Crippen molar-refractivity contribution in [3.8, 4) is 40.5 Å². The number of anilines is 3. The molecule has 3 atom stereocenters. The van der Waals surface area contributed by atoms with Gasteiger partial charge in [-0.25, -0.2) is 14.8 Å². The van der Waals surface area contributed by atoms with Crippen LogP contribution in [0.4, 0.5) is 22.2 Å². The lowest BCUT2D eigenvalue weighted by Gasteiger charge is -2.39. The number of carbonyl (C=O) groups excluding carboxylic acids is 3. The summed E-state index contributed by atoms with van der Waals surface area (Å²) in [4.78, 5) is 60.7. The topological polar surface area (TPSA) is 196 Å². The fraction of sp³-hybridized carbons (Fsp3) is 0.404. The Morgan fingerprint density at radius 1 is 0.841 bits per heavy atom. The van der Waals surface area contributed by atoms with Crippen LogP contribution in [-0.2, 0) is 22.7 Å². The Labute approximate surface area is 403 Å². The lowest BCUT2D eigenvalue weighted by Crippen LogP contribution is -2.61. The summed E-state index contributed by atoms with van der Waals surface area (Å²) in [6.45, 7) is 14.6. The van der Waals surface area contributed by atoms with Crippen LogP contribution in [0.5, 0.6) is 5.75 Å². The molecular weight excluding hydrogens is 873 g/mol. The quantitative estimate of drug-likeness (QED) is 0.103. The van der Waals surface area contributed by atoms with Gasteiger partial charge in [0.1, 0.15) is 17.8 Å². The third kappa shape index (κ3) is 11.5. The number of urea groups is 1. The van der Waals surface area contributed by atoms with Gasteiger partial charge in [0.05, 0.1) is 17.5 Å². The van der Waals surface area contributed by atoms with Gasteiger partial charge in [0.15, 0.2) is 5.82 Å². The number of nitrogens with one attached hydrogen (secondary N) is 3. The molecule has 3 aliphatic heterocycles. The van der Waals surface area contributed by atoms with Gasteiger partial charge < -0.3 is 45.8 Å². The van der Waals surface area contributed by atoms with Crippen LogP contribution in [0.1, 0.15) is 50.8 Å². The van der Waals surface area contributed by atoms with Gasteiger partial charge in [-0.1, -0.05) is 75.2 Å². The summed E-state index contributed by atoms with van der Waals surface area (Å²) in [5, 5.41) is 39.1. The van der Waals surface area contributed by atoms with Crippen LogP contribution in [0.3, 0.4) is 0 Å². The average Bonchev–Trinajstić information content (AvgIpc) is 3.77. The van der Waals surface area contributed by atoms with E-state index in [0.717, 1.165) is 66.2 Å². The number of likely N-dealkylation sites (tertiary alicyclic amines) is 1. The van der Waals surface area contributed by atoms with E-state index in [-0.39, 0.29) is 37.2 Å². The van der Waals surface area contributed by atoms with Crippen LogP contribution >= 0.6 is 0 Å². The number of aliphatic hydroxyl groups excluding tert-OH is 1. The van der Waals surface area contributed by atoms with Gasteiger partial charge in [-0.3, -0.25) is 14.5 Å². The number of benzene rings is 3. The highest BCUT2D eigenvalue weighted by Crippen LogP contribution is 2.33. The third-order valence-electron chi connectivity index (χ3n) is 13.0. The maximum Gasteiger partial charge on any atom is 0.318 e. The van der Waals surface area contributed by atoms with E-state index in [4.69, 9.17) is 16.4 Å². The zero-order chi connectivity index (χ0) is 48.7. The Hall–Kier alpha value is -7.29. The van der Waals surface area contributed by atoms with Gasteiger partial charge in [-0.2, -0.15) is 0 Å². The van der Waals surface area contributed by atoms with Crippen LogP contribution in [0.15, 0.2) is 91.3 Å². The van der Waals surface area contributed by atoms with Gasteiger partial charge in [-0.05, 0) is 59.4 Å². The first-order valence-electron chi connectivity index (χ1n) is 23.7. The van der Waals surface area contributed by atoms with Crippen molar-refractivity contribution in [2.75, 3.05) is 80.6 Å². The number of β-amino-alcohol motifs (C(OH)–C–C–N with tert-alkyl or cyclic N) is 1. The number of hydrogen-bond acceptors (Lipinski definition) is 13. The van der Waals surface area contributed by atoms with Crippen LogP contribution in [0.2, 0.25) is 0 Å². The van der Waals surface area contributed by atoms with E-state index in [9.17, 15) is 24.6 Å². The van der Waals surface area contributed by atoms with E-state index in [1.165, 1.54) is 4.90 Å². The molecule has 5 aromatic rings. The van der Waals surface area contributed by atoms with Gasteiger partial charge in [-0.15, -0.1) is 16.6 Å². The molecule has 17 heteroatoms. The molecule has 3 saturated heterocycles. The maximum absolute atomic E-state index is 14.1. The zero-order valence-electron chi connectivity index (χ0n) is 39.8.